The summed E-state index contributed by atoms with van der Waals surface area (Å²) < 4.78 is 0. The Labute approximate surface area is 123 Å². The molecule has 0 aromatic heterocycles. The van der Waals surface area contributed by atoms with Gasteiger partial charge in [0.1, 0.15) is 7.22 Å². The molecule has 1 atom stereocenters. The summed E-state index contributed by atoms with van der Waals surface area (Å²) in [4.78, 5) is 4.57. The van der Waals surface area contributed by atoms with Gasteiger partial charge in [0.05, 0.1) is 0 Å². The van der Waals surface area contributed by atoms with Crippen molar-refractivity contribution in [3.05, 3.63) is 35.4 Å². The van der Waals surface area contributed by atoms with Crippen molar-refractivity contribution in [1.82, 2.24) is 0 Å². The summed E-state index contributed by atoms with van der Waals surface area (Å²) in [7, 11) is -1.01. The van der Waals surface area contributed by atoms with Crippen molar-refractivity contribution < 1.29 is 0 Å². The molecule has 0 N–H and O–H groups in total. The molecule has 0 aliphatic heterocycles. The number of aryl methyl sites for hydroxylation is 1. The Bertz CT molecular complexity index is 392. The number of nitrogens with zero attached hydrogens (tertiary/aromatic N) is 1. The van der Waals surface area contributed by atoms with E-state index in [0.29, 0.717) is 0 Å². The van der Waals surface area contributed by atoms with Gasteiger partial charge in [0, 0.05) is 18.0 Å². The van der Waals surface area contributed by atoms with Crippen molar-refractivity contribution >= 4 is 24.6 Å². The van der Waals surface area contributed by atoms with Crippen LogP contribution in [0.15, 0.2) is 29.3 Å². The molecule has 1 aromatic rings. The third-order valence-corrected chi connectivity index (χ3v) is 7.60. The highest BCUT2D eigenvalue weighted by Gasteiger charge is 2.19. The van der Waals surface area contributed by atoms with E-state index in [-0.39, 0.29) is 0 Å². The van der Waals surface area contributed by atoms with E-state index in [4.69, 9.17) is 0 Å². The molecule has 1 nitrogen and oxygen atoms in total. The van der Waals surface area contributed by atoms with Gasteiger partial charge in [-0.3, -0.25) is 4.99 Å². The highest BCUT2D eigenvalue weighted by molar-refractivity contribution is 8.29. The molecule has 1 unspecified atom stereocenters. The van der Waals surface area contributed by atoms with E-state index in [9.17, 15) is 0 Å². The second-order valence-corrected chi connectivity index (χ2v) is 15.5. The lowest BCUT2D eigenvalue weighted by atomic mass is 10.2. The average molecular weight is 294 g/mol. The number of benzene rings is 1. The first-order chi connectivity index (χ1) is 8.90. The Morgan fingerprint density at radius 2 is 1.84 bits per heavy atom. The Kier molecular flexibility index (Phi) is 6.87. The summed E-state index contributed by atoms with van der Waals surface area (Å²) in [6.45, 7) is 12.6. The van der Waals surface area contributed by atoms with E-state index in [2.05, 4.69) is 74.0 Å². The second kappa shape index (κ2) is 7.90. The quantitative estimate of drug-likeness (QED) is 0.500. The van der Waals surface area contributed by atoms with E-state index in [1.807, 2.05) is 6.21 Å². The Morgan fingerprint density at radius 3 is 2.37 bits per heavy atom. The van der Waals surface area contributed by atoms with Gasteiger partial charge in [0.25, 0.3) is 0 Å². The molecular weight excluding hydrogens is 266 g/mol. The molecule has 1 rings (SSSR count). The van der Waals surface area contributed by atoms with Crippen molar-refractivity contribution in [2.24, 2.45) is 4.99 Å². The van der Waals surface area contributed by atoms with Crippen LogP contribution in [0, 0.1) is 6.92 Å². The standard InChI is InChI=1S/C16H27NSSi/c1-6-16(18-19(3,4)5)11-12-17-13-15-9-7-14(2)8-10-15/h7-10,13,16H,6,11-12H2,1-5H3. The smallest absolute Gasteiger partial charge is 0.108 e. The van der Waals surface area contributed by atoms with E-state index in [1.54, 1.807) is 0 Å². The van der Waals surface area contributed by atoms with Crippen LogP contribution in [-0.2, 0) is 0 Å². The minimum atomic E-state index is -1.01. The minimum absolute atomic E-state index is 0.779. The van der Waals surface area contributed by atoms with Gasteiger partial charge in [0.15, 0.2) is 0 Å². The fraction of sp³-hybridized carbons (Fsp3) is 0.562. The lowest BCUT2D eigenvalue weighted by molar-refractivity contribution is 0.750. The molecule has 1 aromatic carbocycles. The van der Waals surface area contributed by atoms with Gasteiger partial charge in [-0.25, -0.2) is 0 Å². The van der Waals surface area contributed by atoms with Crippen LogP contribution in [0.25, 0.3) is 0 Å². The highest BCUT2D eigenvalue weighted by Crippen LogP contribution is 2.28. The zero-order valence-electron chi connectivity index (χ0n) is 12.9. The minimum Gasteiger partial charge on any atom is -0.293 e. The molecule has 0 amide bonds. The number of rotatable bonds is 7. The van der Waals surface area contributed by atoms with Crippen LogP contribution in [0.5, 0.6) is 0 Å². The monoisotopic (exact) mass is 293 g/mol. The molecule has 0 heterocycles. The maximum absolute atomic E-state index is 4.57. The van der Waals surface area contributed by atoms with Crippen LogP contribution >= 0.6 is 11.2 Å². The number of hydrogen-bond donors (Lipinski definition) is 0. The topological polar surface area (TPSA) is 12.4 Å². The van der Waals surface area contributed by atoms with Crippen molar-refractivity contribution in [1.29, 1.82) is 0 Å². The van der Waals surface area contributed by atoms with E-state index in [0.717, 1.165) is 11.8 Å². The molecule has 19 heavy (non-hydrogen) atoms. The van der Waals surface area contributed by atoms with Gasteiger partial charge in [-0.2, -0.15) is 11.2 Å². The Hall–Kier alpha value is -0.543. The van der Waals surface area contributed by atoms with E-state index < -0.39 is 7.22 Å². The van der Waals surface area contributed by atoms with Crippen LogP contribution < -0.4 is 0 Å². The Morgan fingerprint density at radius 1 is 1.21 bits per heavy atom. The van der Waals surface area contributed by atoms with Crippen molar-refractivity contribution in [3.63, 3.8) is 0 Å². The molecule has 0 aliphatic carbocycles. The summed E-state index contributed by atoms with van der Waals surface area (Å²) in [5.41, 5.74) is 2.51. The molecule has 0 aliphatic rings. The fourth-order valence-electron chi connectivity index (χ4n) is 1.89. The summed E-state index contributed by atoms with van der Waals surface area (Å²) in [6, 6.07) is 8.54. The van der Waals surface area contributed by atoms with Gasteiger partial charge < -0.3 is 0 Å². The van der Waals surface area contributed by atoms with Crippen LogP contribution in [0.3, 0.4) is 0 Å². The largest absolute Gasteiger partial charge is 0.293 e. The molecule has 0 bridgehead atoms. The van der Waals surface area contributed by atoms with Gasteiger partial charge in [-0.15, -0.1) is 0 Å². The fourth-order valence-corrected chi connectivity index (χ4v) is 7.13. The van der Waals surface area contributed by atoms with Crippen molar-refractivity contribution in [2.45, 2.75) is 51.6 Å². The molecule has 3 heteroatoms. The summed E-state index contributed by atoms with van der Waals surface area (Å²) in [5.74, 6) is 0. The van der Waals surface area contributed by atoms with Gasteiger partial charge in [-0.05, 0) is 25.3 Å². The predicted octanol–water partition coefficient (Wildman–Crippen LogP) is 5.15. The average Bonchev–Trinajstić information content (AvgIpc) is 2.34. The summed E-state index contributed by atoms with van der Waals surface area (Å²) >= 11 is 2.22. The van der Waals surface area contributed by atoms with Crippen LogP contribution in [-0.4, -0.2) is 25.2 Å². The molecule has 106 valence electrons. The maximum Gasteiger partial charge on any atom is 0.108 e. The van der Waals surface area contributed by atoms with Gasteiger partial charge >= 0.3 is 0 Å². The first kappa shape index (κ1) is 16.5. The van der Waals surface area contributed by atoms with Crippen molar-refractivity contribution in [3.8, 4) is 0 Å². The number of hydrogen-bond acceptors (Lipinski definition) is 2. The first-order valence-corrected chi connectivity index (χ1v) is 12.3. The zero-order chi connectivity index (χ0) is 14.3. The summed E-state index contributed by atoms with van der Waals surface area (Å²) in [5, 5.41) is 0.779. The van der Waals surface area contributed by atoms with Crippen molar-refractivity contribution in [2.75, 3.05) is 6.54 Å². The zero-order valence-corrected chi connectivity index (χ0v) is 14.8. The SMILES string of the molecule is CCC(CCN=Cc1ccc(C)cc1)S[Si](C)(C)C. The molecule has 0 saturated heterocycles. The lowest BCUT2D eigenvalue weighted by Crippen LogP contribution is -2.20. The van der Waals surface area contributed by atoms with E-state index >= 15 is 0 Å². The molecular formula is C16H27NSSi. The van der Waals surface area contributed by atoms with Crippen LogP contribution in [0.2, 0.25) is 19.6 Å². The molecule has 0 radical (unpaired) electrons. The second-order valence-electron chi connectivity index (χ2n) is 6.00. The van der Waals surface area contributed by atoms with Crippen LogP contribution in [0.4, 0.5) is 0 Å². The maximum atomic E-state index is 4.57. The van der Waals surface area contributed by atoms with Gasteiger partial charge in [0.2, 0.25) is 0 Å². The third-order valence-electron chi connectivity index (χ3n) is 2.87. The van der Waals surface area contributed by atoms with E-state index in [1.165, 1.54) is 24.0 Å². The number of aliphatic imine (C=N–C) groups is 1. The third kappa shape index (κ3) is 7.58. The normalized spacial score (nSPS) is 13.9. The van der Waals surface area contributed by atoms with Crippen LogP contribution in [0.1, 0.15) is 30.9 Å². The lowest BCUT2D eigenvalue weighted by Gasteiger charge is -2.22. The Balaban J connectivity index is 2.37. The van der Waals surface area contributed by atoms with Gasteiger partial charge in [-0.1, -0.05) is 56.4 Å². The molecule has 0 fully saturated rings. The summed E-state index contributed by atoms with van der Waals surface area (Å²) in [6.07, 6.45) is 4.47. The first-order valence-electron chi connectivity index (χ1n) is 7.15. The predicted molar refractivity (Wildman–Crippen MR) is 93.3 cm³/mol. The molecule has 0 spiro atoms. The molecule has 0 saturated carbocycles. The highest BCUT2D eigenvalue weighted by atomic mass is 32.4.